The van der Waals surface area contributed by atoms with Gasteiger partial charge in [-0.15, -0.1) is 0 Å². The van der Waals surface area contributed by atoms with Gasteiger partial charge in [0.05, 0.1) is 18.1 Å². The Balaban J connectivity index is 3.68. The Hall–Kier alpha value is -1.53. The van der Waals surface area contributed by atoms with E-state index in [1.165, 1.54) is 0 Å². The monoisotopic (exact) mass is 133 g/mol. The average molecular weight is 133 g/mol. The maximum atomic E-state index is 8.23. The molecule has 0 aromatic carbocycles. The van der Waals surface area contributed by atoms with Crippen LogP contribution < -0.4 is 0 Å². The summed E-state index contributed by atoms with van der Waals surface area (Å²) in [6.45, 7) is 6.79. The van der Waals surface area contributed by atoms with Crippen LogP contribution in [-0.2, 0) is 0 Å². The van der Waals surface area contributed by atoms with E-state index in [-0.39, 0.29) is 5.92 Å². The first-order valence-electron chi connectivity index (χ1n) is 2.92. The summed E-state index contributed by atoms with van der Waals surface area (Å²) < 4.78 is 0. The summed E-state index contributed by atoms with van der Waals surface area (Å²) in [5, 5.41) is 16.5. The summed E-state index contributed by atoms with van der Waals surface area (Å²) in [5.74, 6) is -0.0486. The molecule has 0 unspecified atom stereocenters. The Kier molecular flexibility index (Phi) is 4.75. The molecule has 0 aromatic rings. The first-order chi connectivity index (χ1) is 4.85. The summed E-state index contributed by atoms with van der Waals surface area (Å²) in [6, 6.07) is 3.89. The Bertz CT molecular complexity index is 162. The lowest BCUT2D eigenvalue weighted by Crippen LogP contribution is -2.00. The molecule has 3 nitrogen and oxygen atoms in total. The van der Waals surface area contributed by atoms with E-state index in [0.717, 1.165) is 0 Å². The molecule has 10 heavy (non-hydrogen) atoms. The average Bonchev–Trinajstić information content (AvgIpc) is 1.90. The van der Waals surface area contributed by atoms with E-state index >= 15 is 0 Å². The highest BCUT2D eigenvalue weighted by Gasteiger charge is 2.09. The van der Waals surface area contributed by atoms with Crippen LogP contribution in [0.4, 0.5) is 0 Å². The van der Waals surface area contributed by atoms with Gasteiger partial charge in [0.1, 0.15) is 0 Å². The minimum atomic E-state index is -0.0486. The van der Waals surface area contributed by atoms with Gasteiger partial charge in [-0.25, -0.2) is 6.57 Å². The van der Waals surface area contributed by atoms with Gasteiger partial charge in [0.2, 0.25) is 6.54 Å². The molecule has 0 saturated carbocycles. The zero-order valence-electron chi connectivity index (χ0n) is 5.54. The standard InChI is InChI=1S/C7H7N3/c1-10-6-7(2-4-8)3-5-9/h7H,2-3,6H2. The summed E-state index contributed by atoms with van der Waals surface area (Å²) in [6.07, 6.45) is 0.631. The second-order valence-corrected chi connectivity index (χ2v) is 1.93. The van der Waals surface area contributed by atoms with Crippen molar-refractivity contribution >= 4 is 0 Å². The Morgan fingerprint density at radius 2 is 1.80 bits per heavy atom. The molecule has 0 atom stereocenters. The second kappa shape index (κ2) is 5.60. The van der Waals surface area contributed by atoms with Crippen molar-refractivity contribution in [1.82, 2.24) is 0 Å². The third kappa shape index (κ3) is 3.47. The van der Waals surface area contributed by atoms with E-state index in [1.807, 2.05) is 12.1 Å². The lowest BCUT2D eigenvalue weighted by Gasteiger charge is -1.97. The van der Waals surface area contributed by atoms with Crippen molar-refractivity contribution in [3.05, 3.63) is 11.4 Å². The molecule has 0 rings (SSSR count). The van der Waals surface area contributed by atoms with E-state index in [1.54, 1.807) is 0 Å². The predicted octanol–water partition coefficient (Wildman–Crippen LogP) is 1.35. The summed E-state index contributed by atoms with van der Waals surface area (Å²) in [5.41, 5.74) is 0. The van der Waals surface area contributed by atoms with Crippen molar-refractivity contribution in [2.75, 3.05) is 6.54 Å². The minimum Gasteiger partial charge on any atom is -0.317 e. The van der Waals surface area contributed by atoms with Gasteiger partial charge < -0.3 is 4.85 Å². The van der Waals surface area contributed by atoms with Crippen molar-refractivity contribution in [2.24, 2.45) is 5.92 Å². The molecule has 0 bridgehead atoms. The third-order valence-corrected chi connectivity index (χ3v) is 1.11. The third-order valence-electron chi connectivity index (χ3n) is 1.11. The maximum Gasteiger partial charge on any atom is 0.219 e. The molecule has 0 N–H and O–H groups in total. The smallest absolute Gasteiger partial charge is 0.219 e. The fourth-order valence-corrected chi connectivity index (χ4v) is 0.589. The van der Waals surface area contributed by atoms with Gasteiger partial charge in [-0.1, -0.05) is 0 Å². The second-order valence-electron chi connectivity index (χ2n) is 1.93. The molecule has 0 aromatic heterocycles. The maximum absolute atomic E-state index is 8.23. The number of hydrogen-bond donors (Lipinski definition) is 0. The Morgan fingerprint density at radius 1 is 1.30 bits per heavy atom. The van der Waals surface area contributed by atoms with Crippen molar-refractivity contribution < 1.29 is 0 Å². The van der Waals surface area contributed by atoms with Crippen LogP contribution in [0.1, 0.15) is 12.8 Å². The van der Waals surface area contributed by atoms with E-state index in [2.05, 4.69) is 4.85 Å². The molecule has 0 aliphatic rings. The summed E-state index contributed by atoms with van der Waals surface area (Å²) >= 11 is 0. The molecule has 0 aliphatic carbocycles. The number of nitriles is 2. The minimum absolute atomic E-state index is 0.0486. The topological polar surface area (TPSA) is 51.9 Å². The molecule has 0 spiro atoms. The van der Waals surface area contributed by atoms with E-state index in [9.17, 15) is 0 Å². The fraction of sp³-hybridized carbons (Fsp3) is 0.571. The van der Waals surface area contributed by atoms with E-state index in [4.69, 9.17) is 17.1 Å². The van der Waals surface area contributed by atoms with Crippen molar-refractivity contribution in [3.8, 4) is 12.1 Å². The first kappa shape index (κ1) is 8.47. The molecule has 0 radical (unpaired) electrons. The van der Waals surface area contributed by atoms with Crippen molar-refractivity contribution in [2.45, 2.75) is 12.8 Å². The van der Waals surface area contributed by atoms with Crippen LogP contribution in [0.15, 0.2) is 0 Å². The van der Waals surface area contributed by atoms with Crippen LogP contribution >= 0.6 is 0 Å². The summed E-state index contributed by atoms with van der Waals surface area (Å²) in [7, 11) is 0. The van der Waals surface area contributed by atoms with Gasteiger partial charge in [-0.3, -0.25) is 0 Å². The fourth-order valence-electron chi connectivity index (χ4n) is 0.589. The van der Waals surface area contributed by atoms with Crippen molar-refractivity contribution in [1.29, 1.82) is 10.5 Å². The van der Waals surface area contributed by atoms with Crippen LogP contribution in [-0.4, -0.2) is 6.54 Å². The van der Waals surface area contributed by atoms with Gasteiger partial charge in [-0.05, 0) is 0 Å². The Morgan fingerprint density at radius 3 is 2.10 bits per heavy atom. The molecular formula is C7H7N3. The molecule has 0 fully saturated rings. The van der Waals surface area contributed by atoms with Crippen molar-refractivity contribution in [3.63, 3.8) is 0 Å². The lowest BCUT2D eigenvalue weighted by atomic mass is 10.0. The van der Waals surface area contributed by atoms with Crippen LogP contribution in [0.25, 0.3) is 4.85 Å². The van der Waals surface area contributed by atoms with E-state index in [0.29, 0.717) is 19.4 Å². The Labute approximate surface area is 60.3 Å². The molecule has 50 valence electrons. The highest BCUT2D eigenvalue weighted by Crippen LogP contribution is 2.06. The van der Waals surface area contributed by atoms with Crippen LogP contribution in [0.3, 0.4) is 0 Å². The number of nitrogens with zero attached hydrogens (tertiary/aromatic N) is 3. The zero-order chi connectivity index (χ0) is 7.82. The van der Waals surface area contributed by atoms with Gasteiger partial charge >= 0.3 is 0 Å². The molecule has 3 heteroatoms. The zero-order valence-corrected chi connectivity index (χ0v) is 5.54. The SMILES string of the molecule is [C-]#[N+]CC(CC#N)CC#N. The van der Waals surface area contributed by atoms with Gasteiger partial charge in [0, 0.05) is 12.8 Å². The predicted molar refractivity (Wildman–Crippen MR) is 35.4 cm³/mol. The van der Waals surface area contributed by atoms with Gasteiger partial charge in [0.25, 0.3) is 0 Å². The summed E-state index contributed by atoms with van der Waals surface area (Å²) in [4.78, 5) is 3.12. The first-order valence-corrected chi connectivity index (χ1v) is 2.92. The molecule has 0 heterocycles. The van der Waals surface area contributed by atoms with Gasteiger partial charge in [-0.2, -0.15) is 10.5 Å². The number of hydrogen-bond acceptors (Lipinski definition) is 2. The normalized spacial score (nSPS) is 7.80. The highest BCUT2D eigenvalue weighted by atomic mass is 14.6. The largest absolute Gasteiger partial charge is 0.317 e. The van der Waals surface area contributed by atoms with Crippen LogP contribution in [0.5, 0.6) is 0 Å². The van der Waals surface area contributed by atoms with Crippen LogP contribution in [0.2, 0.25) is 0 Å². The molecule has 0 amide bonds. The quantitative estimate of drug-likeness (QED) is 0.545. The van der Waals surface area contributed by atoms with Gasteiger partial charge in [0.15, 0.2) is 0 Å². The molecular weight excluding hydrogens is 126 g/mol. The van der Waals surface area contributed by atoms with E-state index < -0.39 is 0 Å². The molecule has 0 saturated heterocycles. The van der Waals surface area contributed by atoms with Crippen LogP contribution in [0, 0.1) is 35.2 Å². The number of rotatable bonds is 3. The lowest BCUT2D eigenvalue weighted by molar-refractivity contribution is 0.599. The molecule has 0 aliphatic heterocycles. The highest BCUT2D eigenvalue weighted by molar-refractivity contribution is 4.86.